The molecule has 0 saturated heterocycles. The SMILES string of the molecule is CC(C)=CCCC(C)=CCCC(C)=Cc1ccc(C(=O)NCCO)c2c1CCCC2. The summed E-state index contributed by atoms with van der Waals surface area (Å²) in [5.74, 6) is -0.0665. The van der Waals surface area contributed by atoms with Crippen LogP contribution in [0.25, 0.3) is 6.08 Å². The van der Waals surface area contributed by atoms with Gasteiger partial charge in [-0.2, -0.15) is 0 Å². The number of aliphatic hydroxyl groups is 1. The number of aliphatic hydroxyl groups excluding tert-OH is 1. The second-order valence-corrected chi connectivity index (χ2v) is 8.75. The van der Waals surface area contributed by atoms with Gasteiger partial charge >= 0.3 is 0 Å². The largest absolute Gasteiger partial charge is 0.395 e. The van der Waals surface area contributed by atoms with Crippen LogP contribution in [0.15, 0.2) is 41.0 Å². The number of allylic oxidation sites excluding steroid dienone is 5. The first-order chi connectivity index (χ1) is 14.4. The van der Waals surface area contributed by atoms with E-state index < -0.39 is 0 Å². The second-order valence-electron chi connectivity index (χ2n) is 8.75. The molecule has 0 bridgehead atoms. The predicted molar refractivity (Wildman–Crippen MR) is 128 cm³/mol. The molecule has 2 rings (SSSR count). The van der Waals surface area contributed by atoms with Crippen LogP contribution in [0.3, 0.4) is 0 Å². The molecule has 0 aliphatic heterocycles. The standard InChI is InChI=1S/C27H39NO2/c1-20(2)9-7-10-21(3)11-8-12-22(4)19-23-15-16-26(27(30)28-17-18-29)25-14-6-5-13-24(23)25/h9,11,15-16,19,29H,5-8,10,12-14,17-18H2,1-4H3,(H,28,30). The van der Waals surface area contributed by atoms with Crippen LogP contribution in [0.2, 0.25) is 0 Å². The van der Waals surface area contributed by atoms with Gasteiger partial charge in [0.1, 0.15) is 0 Å². The number of carbonyl (C=O) groups excluding carboxylic acids is 1. The van der Waals surface area contributed by atoms with Gasteiger partial charge in [0.15, 0.2) is 0 Å². The van der Waals surface area contributed by atoms with Crippen molar-refractivity contribution in [2.75, 3.05) is 13.2 Å². The number of nitrogens with one attached hydrogen (secondary N) is 1. The lowest BCUT2D eigenvalue weighted by Crippen LogP contribution is -2.28. The van der Waals surface area contributed by atoms with Gasteiger partial charge in [-0.25, -0.2) is 0 Å². The van der Waals surface area contributed by atoms with Crippen molar-refractivity contribution in [1.82, 2.24) is 5.32 Å². The van der Waals surface area contributed by atoms with Gasteiger partial charge in [-0.05, 0) is 102 Å². The molecule has 30 heavy (non-hydrogen) atoms. The molecule has 1 aromatic rings. The second kappa shape index (κ2) is 12.5. The Morgan fingerprint density at radius 1 is 0.967 bits per heavy atom. The highest BCUT2D eigenvalue weighted by atomic mass is 16.3. The molecule has 0 fully saturated rings. The van der Waals surface area contributed by atoms with E-state index in [0.29, 0.717) is 6.54 Å². The molecule has 0 heterocycles. The van der Waals surface area contributed by atoms with Crippen LogP contribution in [-0.2, 0) is 12.8 Å². The Labute approximate surface area is 183 Å². The first-order valence-corrected chi connectivity index (χ1v) is 11.4. The zero-order valence-electron chi connectivity index (χ0n) is 19.3. The Kier molecular flexibility index (Phi) is 10.1. The van der Waals surface area contributed by atoms with Crippen molar-refractivity contribution in [3.05, 3.63) is 63.3 Å². The molecule has 3 nitrogen and oxygen atoms in total. The van der Waals surface area contributed by atoms with E-state index in [1.54, 1.807) is 0 Å². The van der Waals surface area contributed by atoms with E-state index in [9.17, 15) is 4.79 Å². The maximum absolute atomic E-state index is 12.5. The third kappa shape index (κ3) is 7.60. The Morgan fingerprint density at radius 3 is 2.33 bits per heavy atom. The number of benzene rings is 1. The van der Waals surface area contributed by atoms with Crippen molar-refractivity contribution in [2.24, 2.45) is 0 Å². The summed E-state index contributed by atoms with van der Waals surface area (Å²) in [4.78, 5) is 12.5. The topological polar surface area (TPSA) is 49.3 Å². The maximum Gasteiger partial charge on any atom is 0.251 e. The normalized spacial score (nSPS) is 14.3. The minimum absolute atomic E-state index is 0.0309. The predicted octanol–water partition coefficient (Wildman–Crippen LogP) is 6.16. The van der Waals surface area contributed by atoms with Gasteiger partial charge in [-0.3, -0.25) is 4.79 Å². The number of amides is 1. The molecule has 1 aromatic carbocycles. The molecule has 1 amide bonds. The van der Waals surface area contributed by atoms with Crippen molar-refractivity contribution >= 4 is 12.0 Å². The van der Waals surface area contributed by atoms with Crippen LogP contribution >= 0.6 is 0 Å². The molecular formula is C27H39NO2. The monoisotopic (exact) mass is 409 g/mol. The first kappa shape index (κ1) is 24.1. The number of carbonyl (C=O) groups is 1. The molecule has 0 saturated carbocycles. The van der Waals surface area contributed by atoms with Gasteiger partial charge in [-0.1, -0.05) is 41.0 Å². The summed E-state index contributed by atoms with van der Waals surface area (Å²) in [7, 11) is 0. The van der Waals surface area contributed by atoms with Crippen molar-refractivity contribution in [1.29, 1.82) is 0 Å². The minimum Gasteiger partial charge on any atom is -0.395 e. The van der Waals surface area contributed by atoms with Crippen molar-refractivity contribution < 1.29 is 9.90 Å². The lowest BCUT2D eigenvalue weighted by molar-refractivity contribution is 0.0943. The Morgan fingerprint density at radius 2 is 1.63 bits per heavy atom. The zero-order chi connectivity index (χ0) is 21.9. The molecule has 0 aromatic heterocycles. The van der Waals surface area contributed by atoms with Crippen LogP contribution in [-0.4, -0.2) is 24.2 Å². The Bertz CT molecular complexity index is 810. The van der Waals surface area contributed by atoms with Gasteiger partial charge in [-0.15, -0.1) is 0 Å². The maximum atomic E-state index is 12.5. The van der Waals surface area contributed by atoms with Crippen LogP contribution in [0.4, 0.5) is 0 Å². The number of hydrogen-bond donors (Lipinski definition) is 2. The average Bonchev–Trinajstić information content (AvgIpc) is 2.72. The van der Waals surface area contributed by atoms with Gasteiger partial charge in [0.2, 0.25) is 0 Å². The van der Waals surface area contributed by atoms with Crippen LogP contribution < -0.4 is 5.32 Å². The molecule has 0 atom stereocenters. The highest BCUT2D eigenvalue weighted by molar-refractivity contribution is 5.96. The molecular weight excluding hydrogens is 370 g/mol. The van der Waals surface area contributed by atoms with Crippen LogP contribution in [0.1, 0.15) is 93.3 Å². The van der Waals surface area contributed by atoms with Gasteiger partial charge in [0, 0.05) is 12.1 Å². The van der Waals surface area contributed by atoms with Crippen LogP contribution in [0.5, 0.6) is 0 Å². The third-order valence-corrected chi connectivity index (χ3v) is 5.74. The van der Waals surface area contributed by atoms with E-state index in [1.165, 1.54) is 39.8 Å². The first-order valence-electron chi connectivity index (χ1n) is 11.4. The number of fused-ring (bicyclic) bond motifs is 1. The molecule has 2 N–H and O–H groups in total. The molecule has 1 aliphatic rings. The molecule has 164 valence electrons. The summed E-state index contributed by atoms with van der Waals surface area (Å²) in [6.45, 7) is 9.02. The quantitative estimate of drug-likeness (QED) is 0.454. The van der Waals surface area contributed by atoms with Crippen LogP contribution in [0, 0.1) is 0 Å². The smallest absolute Gasteiger partial charge is 0.251 e. The van der Waals surface area contributed by atoms with E-state index in [4.69, 9.17) is 5.11 Å². The van der Waals surface area contributed by atoms with Gasteiger partial charge in [0.25, 0.3) is 5.91 Å². The van der Waals surface area contributed by atoms with E-state index in [2.05, 4.69) is 57.3 Å². The number of hydrogen-bond acceptors (Lipinski definition) is 2. The number of rotatable bonds is 10. The van der Waals surface area contributed by atoms with E-state index in [1.807, 2.05) is 6.07 Å². The minimum atomic E-state index is -0.0665. The highest BCUT2D eigenvalue weighted by Gasteiger charge is 2.19. The molecule has 1 aliphatic carbocycles. The summed E-state index contributed by atoms with van der Waals surface area (Å²) in [5.41, 5.74) is 8.83. The fraction of sp³-hybridized carbons (Fsp3) is 0.519. The fourth-order valence-electron chi connectivity index (χ4n) is 4.08. The summed E-state index contributed by atoms with van der Waals surface area (Å²) in [6, 6.07) is 4.06. The summed E-state index contributed by atoms with van der Waals surface area (Å²) in [5, 5.41) is 11.8. The lowest BCUT2D eigenvalue weighted by atomic mass is 9.84. The summed E-state index contributed by atoms with van der Waals surface area (Å²) < 4.78 is 0. The highest BCUT2D eigenvalue weighted by Crippen LogP contribution is 2.29. The summed E-state index contributed by atoms with van der Waals surface area (Å²) >= 11 is 0. The molecule has 0 spiro atoms. The molecule has 3 heteroatoms. The van der Waals surface area contributed by atoms with Crippen molar-refractivity contribution in [3.8, 4) is 0 Å². The third-order valence-electron chi connectivity index (χ3n) is 5.74. The van der Waals surface area contributed by atoms with E-state index in [0.717, 1.165) is 50.5 Å². The summed E-state index contributed by atoms with van der Waals surface area (Å²) in [6.07, 6.45) is 15.7. The molecule has 0 unspecified atom stereocenters. The van der Waals surface area contributed by atoms with Gasteiger partial charge < -0.3 is 10.4 Å². The molecule has 0 radical (unpaired) electrons. The Balaban J connectivity index is 2.07. The van der Waals surface area contributed by atoms with Crippen molar-refractivity contribution in [2.45, 2.75) is 79.1 Å². The van der Waals surface area contributed by atoms with E-state index >= 15 is 0 Å². The average molecular weight is 410 g/mol. The Hall–Kier alpha value is -2.13. The lowest BCUT2D eigenvalue weighted by Gasteiger charge is -2.21. The fourth-order valence-corrected chi connectivity index (χ4v) is 4.08. The van der Waals surface area contributed by atoms with Gasteiger partial charge in [0.05, 0.1) is 6.61 Å². The van der Waals surface area contributed by atoms with E-state index in [-0.39, 0.29) is 12.5 Å². The van der Waals surface area contributed by atoms with Crippen molar-refractivity contribution in [3.63, 3.8) is 0 Å². The zero-order valence-corrected chi connectivity index (χ0v) is 19.3.